The van der Waals surface area contributed by atoms with Crippen molar-refractivity contribution >= 4 is 5.78 Å². The van der Waals surface area contributed by atoms with Crippen LogP contribution in [-0.2, 0) is 16.1 Å². The first kappa shape index (κ1) is 23.1. The third kappa shape index (κ3) is 3.42. The second-order valence-electron chi connectivity index (χ2n) is 11.7. The number of carbonyl (C=O) groups is 1. The number of benzene rings is 1. The highest BCUT2D eigenvalue weighted by molar-refractivity contribution is 5.86. The number of ether oxygens (including phenoxy) is 1. The quantitative estimate of drug-likeness (QED) is 0.446. The SMILES string of the molecule is CC(=O)[C@@]1(O)CC[C@H]2[C@@H]3CC=C4C[C@](O)(OCc5ccc(O)cc5)CC[C@]4(C)[C@H]3CC[C@@]21C. The molecule has 0 aliphatic heterocycles. The van der Waals surface area contributed by atoms with Crippen LogP contribution < -0.4 is 0 Å². The maximum absolute atomic E-state index is 12.4. The van der Waals surface area contributed by atoms with E-state index in [0.29, 0.717) is 43.6 Å². The average molecular weight is 455 g/mol. The van der Waals surface area contributed by atoms with Gasteiger partial charge < -0.3 is 20.1 Å². The summed E-state index contributed by atoms with van der Waals surface area (Å²) in [5.41, 5.74) is 0.770. The number of aromatic hydroxyl groups is 1. The molecule has 3 N–H and O–H groups in total. The van der Waals surface area contributed by atoms with Crippen LogP contribution in [0.2, 0.25) is 0 Å². The number of fused-ring (bicyclic) bond motifs is 5. The van der Waals surface area contributed by atoms with E-state index in [1.54, 1.807) is 19.1 Å². The Morgan fingerprint density at radius 3 is 2.42 bits per heavy atom. The number of Topliss-reactive ketones (excluding diaryl/α,β-unsaturated/α-hetero) is 1. The Morgan fingerprint density at radius 1 is 1.03 bits per heavy atom. The smallest absolute Gasteiger partial charge is 0.169 e. The normalized spacial score (nSPS) is 44.4. The third-order valence-electron chi connectivity index (χ3n) is 10.3. The van der Waals surface area contributed by atoms with Gasteiger partial charge in [-0.2, -0.15) is 0 Å². The zero-order valence-corrected chi connectivity index (χ0v) is 20.1. The highest BCUT2D eigenvalue weighted by Gasteiger charge is 2.65. The first-order valence-corrected chi connectivity index (χ1v) is 12.6. The van der Waals surface area contributed by atoms with Gasteiger partial charge in [0.2, 0.25) is 0 Å². The van der Waals surface area contributed by atoms with E-state index in [9.17, 15) is 20.1 Å². The predicted molar refractivity (Wildman–Crippen MR) is 125 cm³/mol. The molecule has 4 aliphatic rings. The molecule has 180 valence electrons. The van der Waals surface area contributed by atoms with Crippen LogP contribution in [0.5, 0.6) is 5.75 Å². The van der Waals surface area contributed by atoms with Crippen LogP contribution in [0, 0.1) is 28.6 Å². The molecule has 0 radical (unpaired) electrons. The van der Waals surface area contributed by atoms with Crippen molar-refractivity contribution in [3.05, 3.63) is 41.5 Å². The van der Waals surface area contributed by atoms with E-state index in [1.165, 1.54) is 5.57 Å². The number of ketones is 1. The minimum absolute atomic E-state index is 0.0370. The summed E-state index contributed by atoms with van der Waals surface area (Å²) in [5.74, 6) is 0.354. The Labute approximate surface area is 196 Å². The molecule has 1 aromatic carbocycles. The van der Waals surface area contributed by atoms with Crippen LogP contribution >= 0.6 is 0 Å². The zero-order valence-electron chi connectivity index (χ0n) is 20.1. The second-order valence-corrected chi connectivity index (χ2v) is 11.7. The lowest BCUT2D eigenvalue weighted by atomic mass is 9.46. The number of allylic oxidation sites excluding steroid dienone is 1. The van der Waals surface area contributed by atoms with E-state index in [0.717, 1.165) is 37.7 Å². The van der Waals surface area contributed by atoms with Crippen molar-refractivity contribution in [2.75, 3.05) is 0 Å². The topological polar surface area (TPSA) is 87.0 Å². The Bertz CT molecular complexity index is 969. The highest BCUT2D eigenvalue weighted by Crippen LogP contribution is 2.67. The predicted octanol–water partition coefficient (Wildman–Crippen LogP) is 4.88. The van der Waals surface area contributed by atoms with Crippen LogP contribution in [0.4, 0.5) is 0 Å². The Hall–Kier alpha value is -1.69. The molecule has 3 fully saturated rings. The van der Waals surface area contributed by atoms with E-state index < -0.39 is 11.4 Å². The number of aliphatic hydroxyl groups is 2. The minimum atomic E-state index is -1.18. The van der Waals surface area contributed by atoms with Crippen LogP contribution in [0.15, 0.2) is 35.9 Å². The van der Waals surface area contributed by atoms with Gasteiger partial charge >= 0.3 is 0 Å². The lowest BCUT2D eigenvalue weighted by Gasteiger charge is -2.59. The second kappa shape index (κ2) is 7.66. The van der Waals surface area contributed by atoms with E-state index in [4.69, 9.17) is 4.74 Å². The zero-order chi connectivity index (χ0) is 23.6. The summed E-state index contributed by atoms with van der Waals surface area (Å²) in [4.78, 5) is 12.4. The molecule has 0 aromatic heterocycles. The van der Waals surface area contributed by atoms with Gasteiger partial charge in [0.1, 0.15) is 11.4 Å². The van der Waals surface area contributed by atoms with E-state index in [1.807, 2.05) is 12.1 Å². The standard InChI is InChI=1S/C28H38O5/c1-18(29)28(32)13-11-24-22-9-6-20-16-27(31,33-17-19-4-7-21(30)8-5-19)15-14-25(20,2)23(22)10-12-26(24,28)3/h4-8,22-24,30-32H,9-17H2,1-3H3/t22-,23+,24+,25+,26+,27-,28+/m1/s1. The first-order valence-electron chi connectivity index (χ1n) is 12.6. The van der Waals surface area contributed by atoms with Gasteiger partial charge in [0, 0.05) is 18.3 Å². The van der Waals surface area contributed by atoms with Gasteiger partial charge in [-0.15, -0.1) is 0 Å². The van der Waals surface area contributed by atoms with Gasteiger partial charge in [0.25, 0.3) is 0 Å². The van der Waals surface area contributed by atoms with Crippen molar-refractivity contribution in [3.8, 4) is 5.75 Å². The maximum Gasteiger partial charge on any atom is 0.169 e. The molecule has 0 saturated heterocycles. The Morgan fingerprint density at radius 2 is 1.73 bits per heavy atom. The summed E-state index contributed by atoms with van der Waals surface area (Å²) in [6.45, 7) is 6.39. The molecule has 5 heteroatoms. The number of hydrogen-bond donors (Lipinski definition) is 3. The fourth-order valence-corrected chi connectivity index (χ4v) is 8.15. The molecular weight excluding hydrogens is 416 g/mol. The fraction of sp³-hybridized carbons (Fsp3) is 0.679. The van der Waals surface area contributed by atoms with Gasteiger partial charge in [-0.25, -0.2) is 0 Å². The van der Waals surface area contributed by atoms with Gasteiger partial charge in [-0.05, 0) is 86.3 Å². The monoisotopic (exact) mass is 454 g/mol. The van der Waals surface area contributed by atoms with E-state index in [-0.39, 0.29) is 22.4 Å². The Kier molecular flexibility index (Phi) is 5.35. The molecule has 3 saturated carbocycles. The van der Waals surface area contributed by atoms with Crippen molar-refractivity contribution in [1.82, 2.24) is 0 Å². The summed E-state index contributed by atoms with van der Waals surface area (Å²) in [7, 11) is 0. The van der Waals surface area contributed by atoms with Crippen molar-refractivity contribution in [3.63, 3.8) is 0 Å². The van der Waals surface area contributed by atoms with Crippen LogP contribution in [0.25, 0.3) is 0 Å². The van der Waals surface area contributed by atoms with Gasteiger partial charge in [-0.3, -0.25) is 4.79 Å². The molecule has 33 heavy (non-hydrogen) atoms. The number of carbonyl (C=O) groups excluding carboxylic acids is 1. The number of phenols is 1. The lowest BCUT2D eigenvalue weighted by Crippen LogP contribution is -2.57. The number of hydrogen-bond acceptors (Lipinski definition) is 5. The molecule has 0 bridgehead atoms. The van der Waals surface area contributed by atoms with E-state index in [2.05, 4.69) is 19.9 Å². The fourth-order valence-electron chi connectivity index (χ4n) is 8.15. The summed E-state index contributed by atoms with van der Waals surface area (Å²) in [6, 6.07) is 6.91. The lowest BCUT2D eigenvalue weighted by molar-refractivity contribution is -0.232. The highest BCUT2D eigenvalue weighted by atomic mass is 16.6. The molecule has 7 atom stereocenters. The average Bonchev–Trinajstić information content (AvgIpc) is 3.06. The molecule has 0 heterocycles. The van der Waals surface area contributed by atoms with Crippen molar-refractivity contribution in [2.45, 2.75) is 90.1 Å². The van der Waals surface area contributed by atoms with Crippen molar-refractivity contribution in [2.24, 2.45) is 28.6 Å². The third-order valence-corrected chi connectivity index (χ3v) is 10.3. The molecule has 0 amide bonds. The molecule has 5 nitrogen and oxygen atoms in total. The van der Waals surface area contributed by atoms with Crippen molar-refractivity contribution in [1.29, 1.82) is 0 Å². The largest absolute Gasteiger partial charge is 0.508 e. The number of rotatable bonds is 4. The molecule has 0 spiro atoms. The molecule has 5 rings (SSSR count). The van der Waals surface area contributed by atoms with Gasteiger partial charge in [-0.1, -0.05) is 37.6 Å². The van der Waals surface area contributed by atoms with Crippen molar-refractivity contribution < 1.29 is 24.9 Å². The Balaban J connectivity index is 1.34. The maximum atomic E-state index is 12.4. The summed E-state index contributed by atoms with van der Waals surface area (Å²) < 4.78 is 6.03. The molecule has 1 aromatic rings. The summed E-state index contributed by atoms with van der Waals surface area (Å²) in [5, 5.41) is 32.1. The van der Waals surface area contributed by atoms with Crippen LogP contribution in [0.1, 0.15) is 77.7 Å². The molecule has 4 aliphatic carbocycles. The van der Waals surface area contributed by atoms with Gasteiger partial charge in [0.15, 0.2) is 11.6 Å². The van der Waals surface area contributed by atoms with E-state index >= 15 is 0 Å². The molecule has 0 unspecified atom stereocenters. The van der Waals surface area contributed by atoms with Crippen LogP contribution in [-0.4, -0.2) is 32.5 Å². The first-order chi connectivity index (χ1) is 15.5. The van der Waals surface area contributed by atoms with Gasteiger partial charge in [0.05, 0.1) is 6.61 Å². The number of phenolic OH excluding ortho intramolecular Hbond substituents is 1. The van der Waals surface area contributed by atoms with Crippen LogP contribution in [0.3, 0.4) is 0 Å². The summed E-state index contributed by atoms with van der Waals surface area (Å²) in [6.07, 6.45) is 8.73. The molecular formula is C28H38O5. The minimum Gasteiger partial charge on any atom is -0.508 e. The summed E-state index contributed by atoms with van der Waals surface area (Å²) >= 11 is 0.